The molecule has 0 aliphatic rings. The number of nitrogens with one attached hydrogen (secondary N) is 2. The maximum atomic E-state index is 13.8. The van der Waals surface area contributed by atoms with E-state index in [0.29, 0.717) is 5.56 Å². The average molecular weight is 355 g/mol. The molecule has 0 fully saturated rings. The number of carbonyl (C=O) groups is 1. The number of benzene rings is 1. The van der Waals surface area contributed by atoms with Crippen molar-refractivity contribution in [2.24, 2.45) is 5.14 Å². The Morgan fingerprint density at radius 3 is 2.71 bits per heavy atom. The van der Waals surface area contributed by atoms with Crippen molar-refractivity contribution in [3.05, 3.63) is 34.8 Å². The quantitative estimate of drug-likeness (QED) is 0.706. The number of fused-ring (bicyclic) bond motifs is 1. The van der Waals surface area contributed by atoms with Crippen LogP contribution in [0.5, 0.6) is 0 Å². The molecular formula is C16H22FN3O3S. The minimum Gasteiger partial charge on any atom is -0.358 e. The third kappa shape index (κ3) is 4.55. The fraction of sp³-hybridized carbons (Fsp3) is 0.438. The molecule has 0 saturated carbocycles. The Morgan fingerprint density at radius 2 is 2.08 bits per heavy atom. The van der Waals surface area contributed by atoms with E-state index in [1.807, 2.05) is 13.8 Å². The van der Waals surface area contributed by atoms with Crippen LogP contribution in [0.2, 0.25) is 0 Å². The molecule has 0 aliphatic carbocycles. The molecule has 0 unspecified atom stereocenters. The summed E-state index contributed by atoms with van der Waals surface area (Å²) in [5, 5.41) is 8.39. The minimum absolute atomic E-state index is 0.0544. The zero-order chi connectivity index (χ0) is 17.9. The first-order valence-electron chi connectivity index (χ1n) is 7.78. The van der Waals surface area contributed by atoms with Crippen LogP contribution in [0.3, 0.4) is 0 Å². The molecule has 0 atom stereocenters. The summed E-state index contributed by atoms with van der Waals surface area (Å²) in [6.07, 6.45) is 1.02. The monoisotopic (exact) mass is 355 g/mol. The Balaban J connectivity index is 2.08. The number of aryl methyl sites for hydroxylation is 2. The molecule has 0 aliphatic heterocycles. The van der Waals surface area contributed by atoms with Gasteiger partial charge in [0.25, 0.3) is 0 Å². The van der Waals surface area contributed by atoms with E-state index < -0.39 is 10.0 Å². The number of primary sulfonamides is 1. The van der Waals surface area contributed by atoms with Gasteiger partial charge in [0, 0.05) is 24.0 Å². The van der Waals surface area contributed by atoms with E-state index in [9.17, 15) is 17.6 Å². The van der Waals surface area contributed by atoms with Gasteiger partial charge in [-0.15, -0.1) is 0 Å². The second-order valence-electron chi connectivity index (χ2n) is 5.82. The number of carbonyl (C=O) groups excluding carboxylic acids is 1. The van der Waals surface area contributed by atoms with Crippen LogP contribution in [-0.2, 0) is 27.8 Å². The predicted molar refractivity (Wildman–Crippen MR) is 91.4 cm³/mol. The maximum absolute atomic E-state index is 13.8. The van der Waals surface area contributed by atoms with Crippen molar-refractivity contribution in [2.45, 2.75) is 39.7 Å². The van der Waals surface area contributed by atoms with Gasteiger partial charge in [0.05, 0.1) is 11.3 Å². The second kappa shape index (κ2) is 7.31. The molecule has 0 bridgehead atoms. The summed E-state index contributed by atoms with van der Waals surface area (Å²) in [5.41, 5.74) is 3.52. The zero-order valence-electron chi connectivity index (χ0n) is 13.8. The Hall–Kier alpha value is -1.93. The molecule has 8 heteroatoms. The molecule has 1 heterocycles. The van der Waals surface area contributed by atoms with Crippen LogP contribution in [0, 0.1) is 12.7 Å². The van der Waals surface area contributed by atoms with Crippen molar-refractivity contribution < 1.29 is 17.6 Å². The zero-order valence-corrected chi connectivity index (χ0v) is 14.6. The summed E-state index contributed by atoms with van der Waals surface area (Å²) in [5.74, 6) is -0.888. The Labute approximate surface area is 140 Å². The molecule has 2 rings (SSSR count). The molecule has 0 spiro atoms. The molecule has 1 amide bonds. The van der Waals surface area contributed by atoms with Crippen molar-refractivity contribution in [2.75, 3.05) is 5.75 Å². The van der Waals surface area contributed by atoms with E-state index in [4.69, 9.17) is 5.14 Å². The summed E-state index contributed by atoms with van der Waals surface area (Å²) in [4.78, 5) is 15.1. The Bertz CT molecular complexity index is 859. The highest BCUT2D eigenvalue weighted by Crippen LogP contribution is 2.26. The summed E-state index contributed by atoms with van der Waals surface area (Å²) in [6, 6.07) is 2.88. The Morgan fingerprint density at radius 1 is 1.38 bits per heavy atom. The van der Waals surface area contributed by atoms with Gasteiger partial charge in [0.1, 0.15) is 5.82 Å². The number of aromatic nitrogens is 1. The molecule has 0 saturated heterocycles. The van der Waals surface area contributed by atoms with Crippen LogP contribution in [0.1, 0.15) is 36.6 Å². The third-order valence-corrected chi connectivity index (χ3v) is 4.84. The summed E-state index contributed by atoms with van der Waals surface area (Å²) < 4.78 is 35.5. The third-order valence-electron chi connectivity index (χ3n) is 3.98. The number of halogens is 1. The fourth-order valence-corrected chi connectivity index (χ4v) is 3.27. The van der Waals surface area contributed by atoms with Gasteiger partial charge in [-0.05, 0) is 43.0 Å². The minimum atomic E-state index is -3.56. The first-order valence-corrected chi connectivity index (χ1v) is 9.49. The Kier molecular flexibility index (Phi) is 5.61. The van der Waals surface area contributed by atoms with Crippen LogP contribution in [0.25, 0.3) is 10.9 Å². The lowest BCUT2D eigenvalue weighted by atomic mass is 10.1. The van der Waals surface area contributed by atoms with Crippen LogP contribution in [0.15, 0.2) is 12.1 Å². The van der Waals surface area contributed by atoms with Crippen LogP contribution >= 0.6 is 0 Å². The van der Waals surface area contributed by atoms with Gasteiger partial charge in [0.15, 0.2) is 0 Å². The van der Waals surface area contributed by atoms with Crippen LogP contribution in [0.4, 0.5) is 4.39 Å². The van der Waals surface area contributed by atoms with Crippen molar-refractivity contribution in [1.29, 1.82) is 0 Å². The lowest BCUT2D eigenvalue weighted by Gasteiger charge is -2.07. The first kappa shape index (κ1) is 18.4. The van der Waals surface area contributed by atoms with Gasteiger partial charge in [-0.25, -0.2) is 17.9 Å². The van der Waals surface area contributed by atoms with Crippen molar-refractivity contribution in [3.63, 3.8) is 0 Å². The number of hydrogen-bond donors (Lipinski definition) is 3. The van der Waals surface area contributed by atoms with E-state index in [1.165, 1.54) is 12.1 Å². The topological polar surface area (TPSA) is 105 Å². The molecule has 2 aromatic rings. The van der Waals surface area contributed by atoms with E-state index in [2.05, 4.69) is 10.3 Å². The van der Waals surface area contributed by atoms with Crippen LogP contribution < -0.4 is 10.5 Å². The molecule has 6 nitrogen and oxygen atoms in total. The molecule has 0 radical (unpaired) electrons. The molecule has 24 heavy (non-hydrogen) atoms. The highest BCUT2D eigenvalue weighted by atomic mass is 32.2. The number of sulfonamides is 1. The van der Waals surface area contributed by atoms with E-state index in [1.54, 1.807) is 0 Å². The highest BCUT2D eigenvalue weighted by molar-refractivity contribution is 7.89. The van der Waals surface area contributed by atoms with E-state index in [-0.39, 0.29) is 36.9 Å². The number of nitrogens with two attached hydrogens (primary N) is 1. The first-order chi connectivity index (χ1) is 11.2. The van der Waals surface area contributed by atoms with Gasteiger partial charge in [-0.3, -0.25) is 4.79 Å². The van der Waals surface area contributed by atoms with Gasteiger partial charge < -0.3 is 10.3 Å². The molecular weight excluding hydrogens is 333 g/mol. The van der Waals surface area contributed by atoms with Gasteiger partial charge >= 0.3 is 0 Å². The average Bonchev–Trinajstić information content (AvgIpc) is 2.80. The number of rotatable bonds is 7. The molecule has 4 N–H and O–H groups in total. The number of H-pyrrole nitrogens is 1. The second-order valence-corrected chi connectivity index (χ2v) is 7.55. The maximum Gasteiger partial charge on any atom is 0.220 e. The van der Waals surface area contributed by atoms with Crippen molar-refractivity contribution in [1.82, 2.24) is 10.3 Å². The van der Waals surface area contributed by atoms with E-state index >= 15 is 0 Å². The van der Waals surface area contributed by atoms with Crippen LogP contribution in [-0.4, -0.2) is 25.1 Å². The summed E-state index contributed by atoms with van der Waals surface area (Å²) in [7, 11) is -3.56. The van der Waals surface area contributed by atoms with Gasteiger partial charge in [0.2, 0.25) is 15.9 Å². The number of aromatic amines is 1. The number of hydrogen-bond acceptors (Lipinski definition) is 3. The van der Waals surface area contributed by atoms with Gasteiger partial charge in [-0.2, -0.15) is 0 Å². The van der Waals surface area contributed by atoms with Gasteiger partial charge in [-0.1, -0.05) is 6.92 Å². The fourth-order valence-electron chi connectivity index (χ4n) is 2.72. The SMILES string of the molecule is CCc1[nH]c2c(CNC(=O)CCCS(N)(=O)=O)cc(F)cc2c1C. The van der Waals surface area contributed by atoms with E-state index in [0.717, 1.165) is 28.6 Å². The highest BCUT2D eigenvalue weighted by Gasteiger charge is 2.13. The smallest absolute Gasteiger partial charge is 0.220 e. The normalized spacial score (nSPS) is 11.8. The molecule has 1 aromatic heterocycles. The summed E-state index contributed by atoms with van der Waals surface area (Å²) in [6.45, 7) is 4.12. The number of amides is 1. The van der Waals surface area contributed by atoms with Crippen molar-refractivity contribution in [3.8, 4) is 0 Å². The molecule has 1 aromatic carbocycles. The summed E-state index contributed by atoms with van der Waals surface area (Å²) >= 11 is 0. The van der Waals surface area contributed by atoms with Crippen molar-refractivity contribution >= 4 is 26.8 Å². The predicted octanol–water partition coefficient (Wildman–Crippen LogP) is 1.86. The standard InChI is InChI=1S/C16H22FN3O3S/c1-3-14-10(2)13-8-12(17)7-11(16(13)20-14)9-19-15(21)5-4-6-24(18,22)23/h7-8,20H,3-6,9H2,1-2H3,(H,19,21)(H2,18,22,23). The molecule has 132 valence electrons. The lowest BCUT2D eigenvalue weighted by Crippen LogP contribution is -2.24. The lowest BCUT2D eigenvalue weighted by molar-refractivity contribution is -0.121. The largest absolute Gasteiger partial charge is 0.358 e.